The molecule has 5 rings (SSSR count). The predicted molar refractivity (Wildman–Crippen MR) is 207 cm³/mol. The lowest BCUT2D eigenvalue weighted by molar-refractivity contribution is -0.163. The third-order valence-corrected chi connectivity index (χ3v) is 14.2. The summed E-state index contributed by atoms with van der Waals surface area (Å²) in [6, 6.07) is 5.28. The van der Waals surface area contributed by atoms with Gasteiger partial charge < -0.3 is 40.8 Å². The van der Waals surface area contributed by atoms with Gasteiger partial charge in [0.15, 0.2) is 0 Å². The van der Waals surface area contributed by atoms with Crippen molar-refractivity contribution in [2.24, 2.45) is 34.6 Å². The second kappa shape index (κ2) is 17.3. The molecule has 14 nitrogen and oxygen atoms in total. The average molecular weight is 809 g/mol. The van der Waals surface area contributed by atoms with Gasteiger partial charge in [-0.3, -0.25) is 23.4 Å². The summed E-state index contributed by atoms with van der Waals surface area (Å²) in [5.74, 6) is -1.44. The van der Waals surface area contributed by atoms with E-state index in [0.29, 0.717) is 29.9 Å². The van der Waals surface area contributed by atoms with Crippen LogP contribution >= 0.6 is 7.82 Å². The molecule has 0 radical (unpaired) electrons. The summed E-state index contributed by atoms with van der Waals surface area (Å²) in [5.41, 5.74) is 12.0. The Balaban J connectivity index is 1.10. The summed E-state index contributed by atoms with van der Waals surface area (Å²) in [4.78, 5) is 37.5. The van der Waals surface area contributed by atoms with E-state index in [-0.39, 0.29) is 43.6 Å². The molecular formula is C41H65N2O12P. The number of phosphoric acid groups is 1. The maximum atomic E-state index is 13.8. The Bertz CT molecular complexity index is 1610. The Hall–Kier alpha value is -2.58. The van der Waals surface area contributed by atoms with Crippen molar-refractivity contribution in [1.82, 2.24) is 0 Å². The smallest absolute Gasteiger partial charge is 0.462 e. The first-order chi connectivity index (χ1) is 26.0. The summed E-state index contributed by atoms with van der Waals surface area (Å²) in [7, 11) is -3.93. The number of benzene rings is 1. The molecule has 7 N–H and O–H groups in total. The highest BCUT2D eigenvalue weighted by molar-refractivity contribution is 7.49. The van der Waals surface area contributed by atoms with E-state index in [4.69, 9.17) is 34.5 Å². The highest BCUT2D eigenvalue weighted by Crippen LogP contribution is 2.62. The number of carbonyl (C=O) groups is 3. The number of aryl methyl sites for hydroxylation is 1. The topological polar surface area (TPSA) is 227 Å². The van der Waals surface area contributed by atoms with Gasteiger partial charge in [0.25, 0.3) is 0 Å². The molecule has 4 aliphatic rings. The van der Waals surface area contributed by atoms with E-state index in [1.54, 1.807) is 0 Å². The molecular weight excluding hydrogens is 743 g/mol. The van der Waals surface area contributed by atoms with Gasteiger partial charge in [0.05, 0.1) is 29.5 Å². The van der Waals surface area contributed by atoms with Gasteiger partial charge >= 0.3 is 19.8 Å². The number of amides is 1. The number of fused-ring (bicyclic) bond motifs is 5. The van der Waals surface area contributed by atoms with Gasteiger partial charge in [-0.1, -0.05) is 13.0 Å². The second-order valence-electron chi connectivity index (χ2n) is 18.7. The van der Waals surface area contributed by atoms with Crippen molar-refractivity contribution in [1.29, 1.82) is 0 Å². The van der Waals surface area contributed by atoms with Crippen LogP contribution in [0.4, 0.5) is 0 Å². The summed E-state index contributed by atoms with van der Waals surface area (Å²) >= 11 is 0. The molecule has 15 heteroatoms. The first-order valence-corrected chi connectivity index (χ1v) is 21.8. The first-order valence-electron chi connectivity index (χ1n) is 20.3. The molecule has 0 bridgehead atoms. The SMILES string of the molecule is CC(C)(C)OP(=O)(Oc1ccc2c(c1)CCC1C2CCC2(C)C(OC(=O)CCC(O)C(O)CCC(=O)OC3CCC(N)C(O)C3C(N)=O)CCC12)OC(C)(C)C. The van der Waals surface area contributed by atoms with E-state index in [1.807, 2.05) is 53.7 Å². The average Bonchev–Trinajstić information content (AvgIpc) is 3.40. The zero-order valence-corrected chi connectivity index (χ0v) is 35.0. The van der Waals surface area contributed by atoms with E-state index in [2.05, 4.69) is 13.0 Å². The standard InChI is InChI=1S/C41H65N2O12P/c1-39(2,3)54-56(50,55-40(4,5)6)53-24-9-11-25-23(22-24)8-10-27-26(25)20-21-41(7)28(27)12-17-33(41)52-35(47)19-15-31(45)30(44)14-18-34(46)51-32-16-13-29(42)37(48)36(32)38(43)49/h9,11,22,26-33,36-37,44-45,48H,8,10,12-21,42H2,1-7H3,(H2,43,49). The van der Waals surface area contributed by atoms with Crippen LogP contribution in [0.25, 0.3) is 0 Å². The number of ether oxygens (including phenoxy) is 2. The van der Waals surface area contributed by atoms with Crippen molar-refractivity contribution in [3.05, 3.63) is 29.3 Å². The summed E-state index contributed by atoms with van der Waals surface area (Å²) in [6.07, 6.45) is 0.598. The molecule has 11 atom stereocenters. The lowest BCUT2D eigenvalue weighted by Gasteiger charge is -2.50. The highest BCUT2D eigenvalue weighted by Gasteiger charge is 2.56. The molecule has 56 heavy (non-hydrogen) atoms. The number of hydrogen-bond acceptors (Lipinski definition) is 13. The Labute approximate surface area is 331 Å². The minimum atomic E-state index is -3.93. The van der Waals surface area contributed by atoms with Crippen molar-refractivity contribution in [2.75, 3.05) is 0 Å². The Kier molecular flexibility index (Phi) is 13.8. The van der Waals surface area contributed by atoms with Gasteiger partial charge in [-0.25, -0.2) is 4.57 Å². The number of nitrogens with two attached hydrogens (primary N) is 2. The number of rotatable bonds is 14. The molecule has 0 aromatic heterocycles. The molecule has 0 saturated heterocycles. The fourth-order valence-corrected chi connectivity index (χ4v) is 11.5. The van der Waals surface area contributed by atoms with Crippen molar-refractivity contribution in [2.45, 2.75) is 179 Å². The predicted octanol–water partition coefficient (Wildman–Crippen LogP) is 5.35. The van der Waals surface area contributed by atoms with Gasteiger partial charge in [0, 0.05) is 24.3 Å². The van der Waals surface area contributed by atoms with Crippen LogP contribution in [0.3, 0.4) is 0 Å². The summed E-state index contributed by atoms with van der Waals surface area (Å²) < 4.78 is 42.9. The van der Waals surface area contributed by atoms with E-state index in [1.165, 1.54) is 11.1 Å². The number of esters is 2. The van der Waals surface area contributed by atoms with Crippen molar-refractivity contribution < 1.29 is 57.3 Å². The first kappa shape index (κ1) is 44.5. The fourth-order valence-electron chi connectivity index (χ4n) is 9.66. The molecule has 4 aliphatic carbocycles. The highest BCUT2D eigenvalue weighted by atomic mass is 31.2. The Morgan fingerprint density at radius 3 is 2.09 bits per heavy atom. The molecule has 1 amide bonds. The van der Waals surface area contributed by atoms with Crippen molar-refractivity contribution in [3.8, 4) is 5.75 Å². The normalized spacial score (nSPS) is 31.6. The van der Waals surface area contributed by atoms with E-state index < -0.39 is 73.2 Å². The van der Waals surface area contributed by atoms with E-state index >= 15 is 0 Å². The van der Waals surface area contributed by atoms with Crippen LogP contribution in [0, 0.1) is 23.2 Å². The lowest BCUT2D eigenvalue weighted by atomic mass is 9.55. The van der Waals surface area contributed by atoms with Crippen LogP contribution in [0.2, 0.25) is 0 Å². The summed E-state index contributed by atoms with van der Waals surface area (Å²) in [6.45, 7) is 13.1. The third-order valence-electron chi connectivity index (χ3n) is 12.2. The maximum absolute atomic E-state index is 13.8. The van der Waals surface area contributed by atoms with Crippen molar-refractivity contribution in [3.63, 3.8) is 0 Å². The zero-order chi connectivity index (χ0) is 41.4. The zero-order valence-electron chi connectivity index (χ0n) is 34.1. The molecule has 3 fully saturated rings. The number of carbonyl (C=O) groups excluding carboxylic acids is 3. The number of aliphatic hydroxyl groups is 3. The minimum Gasteiger partial charge on any atom is -0.462 e. The molecule has 1 aromatic rings. The number of primary amides is 1. The quantitative estimate of drug-likeness (QED) is 0.118. The molecule has 0 spiro atoms. The van der Waals surface area contributed by atoms with Gasteiger partial charge in [-0.15, -0.1) is 0 Å². The van der Waals surface area contributed by atoms with Gasteiger partial charge in [-0.2, -0.15) is 0 Å². The van der Waals surface area contributed by atoms with Crippen molar-refractivity contribution >= 4 is 25.7 Å². The van der Waals surface area contributed by atoms with Crippen LogP contribution < -0.4 is 16.0 Å². The fraction of sp³-hybridized carbons (Fsp3) is 0.780. The number of aliphatic hydroxyl groups excluding tert-OH is 3. The lowest BCUT2D eigenvalue weighted by Crippen LogP contribution is -2.55. The van der Waals surface area contributed by atoms with Crippen LogP contribution in [-0.4, -0.2) is 80.9 Å². The third kappa shape index (κ3) is 10.7. The van der Waals surface area contributed by atoms with Crippen LogP contribution in [0.5, 0.6) is 5.75 Å². The second-order valence-corrected chi connectivity index (χ2v) is 20.2. The summed E-state index contributed by atoms with van der Waals surface area (Å²) in [5, 5.41) is 31.4. The molecule has 0 aliphatic heterocycles. The monoisotopic (exact) mass is 808 g/mol. The van der Waals surface area contributed by atoms with Crippen LogP contribution in [0.1, 0.15) is 136 Å². The van der Waals surface area contributed by atoms with Gasteiger partial charge in [0.2, 0.25) is 5.91 Å². The number of hydrogen-bond donors (Lipinski definition) is 5. The Morgan fingerprint density at radius 2 is 1.50 bits per heavy atom. The van der Waals surface area contributed by atoms with Gasteiger partial charge in [0.1, 0.15) is 23.9 Å². The van der Waals surface area contributed by atoms with Crippen LogP contribution in [0.15, 0.2) is 18.2 Å². The van der Waals surface area contributed by atoms with E-state index in [9.17, 15) is 34.3 Å². The molecule has 11 unspecified atom stereocenters. The minimum absolute atomic E-state index is 0.0360. The molecule has 1 aromatic carbocycles. The molecule has 3 saturated carbocycles. The Morgan fingerprint density at radius 1 is 0.893 bits per heavy atom. The molecule has 316 valence electrons. The van der Waals surface area contributed by atoms with Crippen LogP contribution in [-0.2, 0) is 43.9 Å². The van der Waals surface area contributed by atoms with Gasteiger partial charge in [-0.05, 0) is 147 Å². The maximum Gasteiger partial charge on any atom is 0.531 e. The largest absolute Gasteiger partial charge is 0.531 e. The van der Waals surface area contributed by atoms with E-state index in [0.717, 1.165) is 38.5 Å². The number of phosphoric ester groups is 1. The molecule has 0 heterocycles.